The van der Waals surface area contributed by atoms with Crippen LogP contribution >= 0.6 is 0 Å². The average molecular weight is 825 g/mol. The SMILES string of the molecule is [C-]#[N+]C([N+]#[C-])=C1Cc2c(-c3ccc(OC(F)(F)F)cc3)c3c(c(-c4ccc(OC(F)(F)F)cc4)c2=C1c1ccc(F)c(F)c1)CC(=C(C#N)C#N)C=3c1ccc(F)c(F)c1. The lowest BCUT2D eigenvalue weighted by Crippen LogP contribution is -2.25. The summed E-state index contributed by atoms with van der Waals surface area (Å²) in [7, 11) is 0. The smallest absolute Gasteiger partial charge is 0.406 e. The van der Waals surface area contributed by atoms with Crippen LogP contribution in [-0.4, -0.2) is 12.7 Å². The van der Waals surface area contributed by atoms with Gasteiger partial charge in [-0.15, -0.1) is 26.3 Å². The van der Waals surface area contributed by atoms with Gasteiger partial charge in [-0.1, -0.05) is 36.4 Å². The van der Waals surface area contributed by atoms with E-state index in [2.05, 4.69) is 19.2 Å². The van der Waals surface area contributed by atoms with Crippen molar-refractivity contribution < 1.29 is 53.4 Å². The molecule has 0 unspecified atom stereocenters. The molecule has 0 saturated heterocycles. The fraction of sp³-hybridized carbons (Fsp3) is 0.0909. The summed E-state index contributed by atoms with van der Waals surface area (Å²) in [4.78, 5) is 6.76. The predicted octanol–water partition coefficient (Wildman–Crippen LogP) is 10.3. The van der Waals surface area contributed by atoms with E-state index in [4.69, 9.17) is 13.1 Å². The van der Waals surface area contributed by atoms with E-state index in [1.165, 1.54) is 30.3 Å². The zero-order chi connectivity index (χ0) is 43.3. The van der Waals surface area contributed by atoms with Gasteiger partial charge in [-0.05, 0) is 127 Å². The van der Waals surface area contributed by atoms with Gasteiger partial charge in [-0.2, -0.15) is 20.2 Å². The maximum absolute atomic E-state index is 15.1. The highest BCUT2D eigenvalue weighted by Gasteiger charge is 2.38. The summed E-state index contributed by atoms with van der Waals surface area (Å²) < 4.78 is 147. The van der Waals surface area contributed by atoms with E-state index in [0.29, 0.717) is 0 Å². The second kappa shape index (κ2) is 15.2. The number of fused-ring (bicyclic) bond motifs is 2. The van der Waals surface area contributed by atoms with Crippen LogP contribution in [0.2, 0.25) is 0 Å². The minimum Gasteiger partial charge on any atom is -0.406 e. The Morgan fingerprint density at radius 3 is 1.25 bits per heavy atom. The largest absolute Gasteiger partial charge is 0.573 e. The highest BCUT2D eigenvalue weighted by atomic mass is 19.4. The van der Waals surface area contributed by atoms with Crippen molar-refractivity contribution in [3.63, 3.8) is 0 Å². The van der Waals surface area contributed by atoms with Gasteiger partial charge in [0.25, 0.3) is 0 Å². The van der Waals surface area contributed by atoms with E-state index in [1.807, 2.05) is 0 Å². The molecule has 0 aliphatic heterocycles. The number of benzene rings is 5. The van der Waals surface area contributed by atoms with Crippen molar-refractivity contribution in [1.82, 2.24) is 0 Å². The van der Waals surface area contributed by atoms with Gasteiger partial charge in [0.05, 0.1) is 5.57 Å². The fourth-order valence-electron chi connectivity index (χ4n) is 7.54. The summed E-state index contributed by atoms with van der Waals surface area (Å²) in [6, 6.07) is 17.9. The molecule has 0 radical (unpaired) electrons. The minimum atomic E-state index is -5.09. The molecule has 0 spiro atoms. The van der Waals surface area contributed by atoms with Crippen LogP contribution in [0, 0.1) is 59.1 Å². The van der Waals surface area contributed by atoms with Gasteiger partial charge in [0.1, 0.15) is 42.4 Å². The van der Waals surface area contributed by atoms with Crippen molar-refractivity contribution >= 4 is 11.1 Å². The second-order valence-electron chi connectivity index (χ2n) is 13.1. The maximum Gasteiger partial charge on any atom is 0.573 e. The zero-order valence-electron chi connectivity index (χ0n) is 29.9. The highest BCUT2D eigenvalue weighted by molar-refractivity contribution is 5.98. The molecule has 5 aromatic carbocycles. The number of halogens is 10. The Kier molecular flexibility index (Phi) is 10.2. The Hall–Kier alpha value is -7.82. The van der Waals surface area contributed by atoms with Gasteiger partial charge < -0.3 is 9.47 Å². The molecular formula is C44H18F10N4O2. The lowest BCUT2D eigenvalue weighted by Gasteiger charge is -2.18. The van der Waals surface area contributed by atoms with E-state index < -0.39 is 58.9 Å². The number of nitrogens with zero attached hydrogens (tertiary/aromatic N) is 4. The van der Waals surface area contributed by atoms with Crippen LogP contribution in [0.4, 0.5) is 43.9 Å². The predicted molar refractivity (Wildman–Crippen MR) is 194 cm³/mol. The summed E-state index contributed by atoms with van der Waals surface area (Å²) in [6.07, 6.45) is -10.9. The van der Waals surface area contributed by atoms with Gasteiger partial charge in [-0.25, -0.2) is 17.6 Å². The molecule has 60 heavy (non-hydrogen) atoms. The molecule has 0 saturated carbocycles. The van der Waals surface area contributed by atoms with E-state index in [0.717, 1.165) is 54.6 Å². The lowest BCUT2D eigenvalue weighted by molar-refractivity contribution is -0.275. The number of allylic oxidation sites excluding steroid dienone is 3. The quantitative estimate of drug-likeness (QED) is 0.0971. The summed E-state index contributed by atoms with van der Waals surface area (Å²) in [6.45, 7) is 15.7. The van der Waals surface area contributed by atoms with Crippen molar-refractivity contribution in [2.75, 3.05) is 0 Å². The number of alkyl halides is 6. The van der Waals surface area contributed by atoms with Gasteiger partial charge in [0.2, 0.25) is 0 Å². The maximum atomic E-state index is 15.1. The van der Waals surface area contributed by atoms with Crippen LogP contribution < -0.4 is 19.9 Å². The van der Waals surface area contributed by atoms with E-state index in [1.54, 1.807) is 12.1 Å². The van der Waals surface area contributed by atoms with Gasteiger partial charge >= 0.3 is 18.5 Å². The first-order chi connectivity index (χ1) is 28.5. The fourth-order valence-corrected chi connectivity index (χ4v) is 7.54. The number of ether oxygens (including phenoxy) is 2. The molecule has 7 rings (SSSR count). The van der Waals surface area contributed by atoms with Gasteiger partial charge in [0.15, 0.2) is 23.3 Å². The molecule has 0 heterocycles. The molecule has 16 heteroatoms. The minimum absolute atomic E-state index is 0.00363. The third kappa shape index (κ3) is 7.39. The molecule has 0 N–H and O–H groups in total. The van der Waals surface area contributed by atoms with Crippen molar-refractivity contribution in [3.8, 4) is 45.9 Å². The van der Waals surface area contributed by atoms with Crippen LogP contribution in [0.1, 0.15) is 22.3 Å². The summed E-state index contributed by atoms with van der Waals surface area (Å²) >= 11 is 0. The van der Waals surface area contributed by atoms with Crippen LogP contribution in [0.25, 0.3) is 43.1 Å². The third-order valence-corrected chi connectivity index (χ3v) is 9.69. The molecule has 2 aliphatic carbocycles. The number of hydrogen-bond donors (Lipinski definition) is 0. The first-order valence-electron chi connectivity index (χ1n) is 17.1. The third-order valence-electron chi connectivity index (χ3n) is 9.69. The van der Waals surface area contributed by atoms with Crippen molar-refractivity contribution in [2.24, 2.45) is 0 Å². The lowest BCUT2D eigenvalue weighted by atomic mass is 9.86. The van der Waals surface area contributed by atoms with E-state index >= 15 is 8.78 Å². The zero-order valence-corrected chi connectivity index (χ0v) is 29.9. The van der Waals surface area contributed by atoms with Crippen molar-refractivity contribution in [2.45, 2.75) is 25.6 Å². The topological polar surface area (TPSA) is 74.8 Å². The number of nitriles is 2. The summed E-state index contributed by atoms with van der Waals surface area (Å²) in [5.41, 5.74) is 0.276. The van der Waals surface area contributed by atoms with Gasteiger partial charge in [0, 0.05) is 6.42 Å². The second-order valence-corrected chi connectivity index (χ2v) is 13.1. The summed E-state index contributed by atoms with van der Waals surface area (Å²) in [5, 5.41) is 20.6. The highest BCUT2D eigenvalue weighted by Crippen LogP contribution is 2.43. The first kappa shape index (κ1) is 40.4. The van der Waals surface area contributed by atoms with Crippen molar-refractivity contribution in [1.29, 1.82) is 10.5 Å². The van der Waals surface area contributed by atoms with Crippen LogP contribution in [-0.2, 0) is 12.8 Å². The monoisotopic (exact) mass is 824 g/mol. The molecular weight excluding hydrogens is 806 g/mol. The normalized spacial score (nSPS) is 13.2. The molecule has 0 bridgehead atoms. The van der Waals surface area contributed by atoms with Crippen molar-refractivity contribution in [3.05, 3.63) is 186 Å². The molecule has 5 aromatic rings. The Balaban J connectivity index is 1.78. The first-order valence-corrected chi connectivity index (χ1v) is 17.1. The van der Waals surface area contributed by atoms with Crippen LogP contribution in [0.3, 0.4) is 0 Å². The molecule has 0 fully saturated rings. The average Bonchev–Trinajstić information content (AvgIpc) is 3.76. The molecule has 0 aromatic heterocycles. The van der Waals surface area contributed by atoms with Gasteiger partial charge in [-0.3, -0.25) is 0 Å². The van der Waals surface area contributed by atoms with Crippen LogP contribution in [0.15, 0.2) is 107 Å². The standard InChI is InChI=1S/C44H18F10N4O2/c1-57-42(58-2)31-18-30-37(22-5-11-27(12-6-22)60-44(52,53)54)40-29(17-28(25(19-55)20-56)38(40)23-7-13-32(45)34(47)15-23)36(21-3-9-26(10-4-21)59-43(49,50)51)41(30)39(31)24-8-14-33(46)35(48)16-24/h3-16H,17-18H2. The molecule has 296 valence electrons. The molecule has 6 nitrogen and oxygen atoms in total. The molecule has 0 amide bonds. The number of rotatable bonds is 6. The Bertz CT molecular complexity index is 2790. The summed E-state index contributed by atoms with van der Waals surface area (Å²) in [5.74, 6) is -6.98. The molecule has 0 atom stereocenters. The Morgan fingerprint density at radius 2 is 0.900 bits per heavy atom. The Labute approximate surface area is 332 Å². The van der Waals surface area contributed by atoms with E-state index in [-0.39, 0.29) is 90.1 Å². The number of hydrogen-bond acceptors (Lipinski definition) is 4. The Morgan fingerprint density at radius 1 is 0.533 bits per heavy atom. The van der Waals surface area contributed by atoms with Crippen LogP contribution in [0.5, 0.6) is 11.5 Å². The molecule has 2 aliphatic rings. The van der Waals surface area contributed by atoms with E-state index in [9.17, 15) is 45.6 Å².